The highest BCUT2D eigenvalue weighted by Crippen LogP contribution is 2.29. The lowest BCUT2D eigenvalue weighted by atomic mass is 10.1. The molecule has 20 heavy (non-hydrogen) atoms. The van der Waals surface area contributed by atoms with Crippen molar-refractivity contribution in [3.8, 4) is 11.8 Å². The van der Waals surface area contributed by atoms with Gasteiger partial charge < -0.3 is 10.1 Å². The molecule has 1 N–H and O–H groups in total. The SMILES string of the molecule is CC(C)(C)NCc1cccc(Cl)c1OCCCCC#N. The first kappa shape index (κ1) is 16.8. The van der Waals surface area contributed by atoms with Crippen molar-refractivity contribution < 1.29 is 4.74 Å². The molecule has 1 rings (SSSR count). The Morgan fingerprint density at radius 1 is 1.30 bits per heavy atom. The van der Waals surface area contributed by atoms with Crippen molar-refractivity contribution in [3.63, 3.8) is 0 Å². The zero-order valence-corrected chi connectivity index (χ0v) is 13.3. The lowest BCUT2D eigenvalue weighted by Gasteiger charge is -2.22. The first-order valence-corrected chi connectivity index (χ1v) is 7.34. The third kappa shape index (κ3) is 6.27. The second-order valence-corrected chi connectivity index (χ2v) is 6.20. The molecule has 0 spiro atoms. The lowest BCUT2D eigenvalue weighted by Crippen LogP contribution is -2.35. The van der Waals surface area contributed by atoms with Crippen LogP contribution in [-0.4, -0.2) is 12.1 Å². The van der Waals surface area contributed by atoms with Crippen molar-refractivity contribution in [1.29, 1.82) is 5.26 Å². The van der Waals surface area contributed by atoms with Crippen molar-refractivity contribution in [2.24, 2.45) is 0 Å². The van der Waals surface area contributed by atoms with Gasteiger partial charge in [0.15, 0.2) is 0 Å². The van der Waals surface area contributed by atoms with Gasteiger partial charge in [-0.3, -0.25) is 0 Å². The maximum Gasteiger partial charge on any atom is 0.142 e. The lowest BCUT2D eigenvalue weighted by molar-refractivity contribution is 0.302. The number of nitrogens with zero attached hydrogens (tertiary/aromatic N) is 1. The number of hydrogen-bond acceptors (Lipinski definition) is 3. The van der Waals surface area contributed by atoms with E-state index in [1.54, 1.807) is 0 Å². The Kier molecular flexibility index (Phi) is 6.84. The van der Waals surface area contributed by atoms with Gasteiger partial charge in [0.1, 0.15) is 5.75 Å². The molecule has 3 nitrogen and oxygen atoms in total. The van der Waals surface area contributed by atoms with E-state index in [1.165, 1.54) is 0 Å². The highest BCUT2D eigenvalue weighted by molar-refractivity contribution is 6.32. The van der Waals surface area contributed by atoms with Gasteiger partial charge >= 0.3 is 0 Å². The molecule has 0 unspecified atom stereocenters. The first-order chi connectivity index (χ1) is 9.44. The van der Waals surface area contributed by atoms with Crippen LogP contribution < -0.4 is 10.1 Å². The average molecular weight is 295 g/mol. The average Bonchev–Trinajstić information content (AvgIpc) is 2.37. The van der Waals surface area contributed by atoms with Gasteiger partial charge in [0, 0.05) is 24.1 Å². The standard InChI is InChI=1S/C16H23ClN2O/c1-16(2,3)19-12-13-8-7-9-14(17)15(13)20-11-6-4-5-10-18/h7-9,19H,4-6,11-12H2,1-3H3. The number of para-hydroxylation sites is 1. The molecule has 0 aliphatic heterocycles. The Morgan fingerprint density at radius 3 is 2.70 bits per heavy atom. The molecule has 0 radical (unpaired) electrons. The topological polar surface area (TPSA) is 45.0 Å². The molecule has 0 atom stereocenters. The van der Waals surface area contributed by atoms with E-state index in [1.807, 2.05) is 18.2 Å². The van der Waals surface area contributed by atoms with Crippen LogP contribution >= 0.6 is 11.6 Å². The van der Waals surface area contributed by atoms with E-state index in [0.29, 0.717) is 18.1 Å². The number of ether oxygens (including phenoxy) is 1. The van der Waals surface area contributed by atoms with Gasteiger partial charge in [-0.25, -0.2) is 0 Å². The van der Waals surface area contributed by atoms with Crippen LogP contribution in [0.5, 0.6) is 5.75 Å². The number of hydrogen-bond donors (Lipinski definition) is 1. The largest absolute Gasteiger partial charge is 0.492 e. The van der Waals surface area contributed by atoms with E-state index in [2.05, 4.69) is 32.2 Å². The Morgan fingerprint density at radius 2 is 2.05 bits per heavy atom. The molecule has 0 fully saturated rings. The summed E-state index contributed by atoms with van der Waals surface area (Å²) in [4.78, 5) is 0. The Bertz CT molecular complexity index is 461. The predicted octanol–water partition coefficient (Wildman–Crippen LogP) is 4.30. The number of nitrogens with one attached hydrogen (secondary N) is 1. The molecule has 0 bridgehead atoms. The molecule has 4 heteroatoms. The van der Waals surface area contributed by atoms with Crippen LogP contribution in [0.1, 0.15) is 45.6 Å². The second-order valence-electron chi connectivity index (χ2n) is 5.80. The Balaban J connectivity index is 2.61. The van der Waals surface area contributed by atoms with Crippen molar-refractivity contribution in [3.05, 3.63) is 28.8 Å². The van der Waals surface area contributed by atoms with E-state index in [0.717, 1.165) is 30.7 Å². The fourth-order valence-corrected chi connectivity index (χ4v) is 1.94. The summed E-state index contributed by atoms with van der Waals surface area (Å²) in [5.74, 6) is 0.753. The Hall–Kier alpha value is -1.24. The molecule has 110 valence electrons. The minimum Gasteiger partial charge on any atom is -0.492 e. The number of benzene rings is 1. The van der Waals surface area contributed by atoms with Gasteiger partial charge in [-0.15, -0.1) is 0 Å². The zero-order chi connectivity index (χ0) is 15.0. The van der Waals surface area contributed by atoms with Gasteiger partial charge in [0.2, 0.25) is 0 Å². The molecule has 0 saturated carbocycles. The summed E-state index contributed by atoms with van der Waals surface area (Å²) >= 11 is 6.21. The number of unbranched alkanes of at least 4 members (excludes halogenated alkanes) is 2. The number of rotatable bonds is 7. The maximum absolute atomic E-state index is 8.50. The molecule has 1 aromatic rings. The molecular formula is C16H23ClN2O. The van der Waals surface area contributed by atoms with E-state index >= 15 is 0 Å². The molecule has 0 heterocycles. The highest BCUT2D eigenvalue weighted by atomic mass is 35.5. The summed E-state index contributed by atoms with van der Waals surface area (Å²) in [5, 5.41) is 12.6. The molecular weight excluding hydrogens is 272 g/mol. The van der Waals surface area contributed by atoms with Crippen molar-refractivity contribution in [1.82, 2.24) is 5.32 Å². The first-order valence-electron chi connectivity index (χ1n) is 6.96. The monoisotopic (exact) mass is 294 g/mol. The summed E-state index contributed by atoms with van der Waals surface area (Å²) in [6, 6.07) is 7.93. The number of halogens is 1. The van der Waals surface area contributed by atoms with Crippen LogP contribution in [0.25, 0.3) is 0 Å². The Labute approximate surface area is 126 Å². The zero-order valence-electron chi connectivity index (χ0n) is 12.5. The van der Waals surface area contributed by atoms with Crippen molar-refractivity contribution in [2.75, 3.05) is 6.61 Å². The predicted molar refractivity (Wildman–Crippen MR) is 83.0 cm³/mol. The summed E-state index contributed by atoms with van der Waals surface area (Å²) in [7, 11) is 0. The molecule has 0 aliphatic rings. The third-order valence-electron chi connectivity index (χ3n) is 2.79. The highest BCUT2D eigenvalue weighted by Gasteiger charge is 2.13. The summed E-state index contributed by atoms with van der Waals surface area (Å²) in [6.45, 7) is 7.69. The van der Waals surface area contributed by atoms with Gasteiger partial charge in [0.05, 0.1) is 17.7 Å². The van der Waals surface area contributed by atoms with Gasteiger partial charge in [-0.1, -0.05) is 23.7 Å². The van der Waals surface area contributed by atoms with Crippen LogP contribution in [0, 0.1) is 11.3 Å². The quantitative estimate of drug-likeness (QED) is 0.763. The van der Waals surface area contributed by atoms with Crippen LogP contribution in [0.4, 0.5) is 0 Å². The minimum absolute atomic E-state index is 0.0480. The van der Waals surface area contributed by atoms with Crippen molar-refractivity contribution in [2.45, 2.75) is 52.1 Å². The van der Waals surface area contributed by atoms with Crippen LogP contribution in [-0.2, 0) is 6.54 Å². The number of nitriles is 1. The summed E-state index contributed by atoms with van der Waals surface area (Å²) in [6.07, 6.45) is 2.30. The van der Waals surface area contributed by atoms with E-state index < -0.39 is 0 Å². The van der Waals surface area contributed by atoms with E-state index in [9.17, 15) is 0 Å². The second kappa shape index (κ2) is 8.14. The van der Waals surface area contributed by atoms with Crippen LogP contribution in [0.3, 0.4) is 0 Å². The molecule has 0 saturated heterocycles. The third-order valence-corrected chi connectivity index (χ3v) is 3.08. The van der Waals surface area contributed by atoms with Crippen molar-refractivity contribution >= 4 is 11.6 Å². The van der Waals surface area contributed by atoms with Gasteiger partial charge in [0.25, 0.3) is 0 Å². The van der Waals surface area contributed by atoms with Gasteiger partial charge in [-0.2, -0.15) is 5.26 Å². The summed E-state index contributed by atoms with van der Waals surface area (Å²) in [5.41, 5.74) is 1.11. The minimum atomic E-state index is 0.0480. The van der Waals surface area contributed by atoms with Gasteiger partial charge in [-0.05, 0) is 39.7 Å². The fourth-order valence-electron chi connectivity index (χ4n) is 1.70. The van der Waals surface area contributed by atoms with Crippen LogP contribution in [0.2, 0.25) is 5.02 Å². The smallest absolute Gasteiger partial charge is 0.142 e. The fraction of sp³-hybridized carbons (Fsp3) is 0.562. The van der Waals surface area contributed by atoms with E-state index in [4.69, 9.17) is 21.6 Å². The molecule has 0 aromatic heterocycles. The molecule has 0 aliphatic carbocycles. The normalized spacial score (nSPS) is 11.2. The molecule has 0 amide bonds. The summed E-state index contributed by atoms with van der Waals surface area (Å²) < 4.78 is 5.80. The van der Waals surface area contributed by atoms with Crippen LogP contribution in [0.15, 0.2) is 18.2 Å². The van der Waals surface area contributed by atoms with E-state index in [-0.39, 0.29) is 5.54 Å². The maximum atomic E-state index is 8.50. The molecule has 1 aromatic carbocycles.